The second-order valence-electron chi connectivity index (χ2n) is 3.35. The first-order valence-corrected chi connectivity index (χ1v) is 6.99. The smallest absolute Gasteiger partial charge is 0.0679 e. The fourth-order valence-electron chi connectivity index (χ4n) is 1.28. The molecule has 1 fully saturated rings. The minimum Gasteiger partial charge on any atom is -0.127 e. The van der Waals surface area contributed by atoms with Gasteiger partial charge in [0.05, 0.1) is 8.07 Å². The number of hydrogen-bond donors (Lipinski definition) is 0. The molecule has 1 atom stereocenters. The lowest BCUT2D eigenvalue weighted by Gasteiger charge is -2.17. The molecule has 48 valence electrons. The van der Waals surface area contributed by atoms with E-state index in [0.29, 0.717) is 5.00 Å². The van der Waals surface area contributed by atoms with Crippen molar-refractivity contribution in [2.45, 2.75) is 37.0 Å². The average molecular weight is 149 g/mol. The van der Waals surface area contributed by atoms with E-state index in [1.54, 1.807) is 0 Å². The zero-order valence-corrected chi connectivity index (χ0v) is 7.33. The molecule has 0 aromatic carbocycles. The minimum atomic E-state index is -0.878. The van der Waals surface area contributed by atoms with E-state index in [1.165, 1.54) is 18.9 Å². The van der Waals surface area contributed by atoms with Gasteiger partial charge in [-0.05, 0) is 6.42 Å². The average Bonchev–Trinajstić information content (AvgIpc) is 1.86. The lowest BCUT2D eigenvalue weighted by Crippen LogP contribution is -2.31. The van der Waals surface area contributed by atoms with Gasteiger partial charge in [-0.3, -0.25) is 0 Å². The molecule has 0 aliphatic carbocycles. The van der Waals surface area contributed by atoms with Crippen LogP contribution in [0.1, 0.15) is 12.8 Å². The molecule has 0 spiro atoms. The van der Waals surface area contributed by atoms with Crippen LogP contribution in [0.4, 0.5) is 0 Å². The van der Waals surface area contributed by atoms with Gasteiger partial charge in [0, 0.05) is 5.00 Å². The third kappa shape index (κ3) is 1.08. The van der Waals surface area contributed by atoms with Gasteiger partial charge in [0.2, 0.25) is 0 Å². The van der Waals surface area contributed by atoms with Crippen molar-refractivity contribution in [1.29, 1.82) is 0 Å². The highest BCUT2D eigenvalue weighted by Crippen LogP contribution is 2.32. The van der Waals surface area contributed by atoms with E-state index < -0.39 is 8.07 Å². The second-order valence-corrected chi connectivity index (χ2v) is 9.42. The Balaban J connectivity index is 2.54. The number of hydrogen-bond acceptors (Lipinski definition) is 0. The van der Waals surface area contributed by atoms with Crippen molar-refractivity contribution in [2.24, 2.45) is 0 Å². The topological polar surface area (TPSA) is 0 Å². The lowest BCUT2D eigenvalue weighted by atomic mass is 10.4. The first kappa shape index (κ1) is 6.62. The molecule has 1 unspecified atom stereocenters. The lowest BCUT2D eigenvalue weighted by molar-refractivity contribution is 0.912. The number of halogens is 1. The van der Waals surface area contributed by atoms with Gasteiger partial charge in [-0.1, -0.05) is 25.6 Å². The molecule has 0 aromatic heterocycles. The van der Waals surface area contributed by atoms with Crippen LogP contribution >= 0.6 is 11.6 Å². The molecule has 1 heterocycles. The highest BCUT2D eigenvalue weighted by Gasteiger charge is 2.34. The van der Waals surface area contributed by atoms with Gasteiger partial charge in [0.25, 0.3) is 0 Å². The van der Waals surface area contributed by atoms with Crippen LogP contribution in [-0.4, -0.2) is 13.1 Å². The molecule has 0 nitrogen and oxygen atoms in total. The quantitative estimate of drug-likeness (QED) is 0.366. The van der Waals surface area contributed by atoms with Gasteiger partial charge in [-0.2, -0.15) is 0 Å². The van der Waals surface area contributed by atoms with E-state index in [2.05, 4.69) is 13.1 Å². The molecule has 8 heavy (non-hydrogen) atoms. The molecule has 1 saturated heterocycles. The van der Waals surface area contributed by atoms with E-state index in [9.17, 15) is 0 Å². The summed E-state index contributed by atoms with van der Waals surface area (Å²) >= 11 is 6.07. The SMILES string of the molecule is C[Si]1(C)CCCC1Cl. The van der Waals surface area contributed by atoms with Crippen molar-refractivity contribution < 1.29 is 0 Å². The highest BCUT2D eigenvalue weighted by atomic mass is 35.5. The van der Waals surface area contributed by atoms with Crippen molar-refractivity contribution in [3.05, 3.63) is 0 Å². The van der Waals surface area contributed by atoms with Crippen molar-refractivity contribution in [1.82, 2.24) is 0 Å². The van der Waals surface area contributed by atoms with E-state index in [1.807, 2.05) is 0 Å². The highest BCUT2D eigenvalue weighted by molar-refractivity contribution is 6.85. The van der Waals surface area contributed by atoms with Gasteiger partial charge < -0.3 is 0 Å². The Kier molecular flexibility index (Phi) is 1.68. The van der Waals surface area contributed by atoms with Crippen LogP contribution in [-0.2, 0) is 0 Å². The van der Waals surface area contributed by atoms with Crippen LogP contribution < -0.4 is 0 Å². The first-order chi connectivity index (χ1) is 3.63. The summed E-state index contributed by atoms with van der Waals surface area (Å²) in [4.78, 5) is 0. The normalized spacial score (nSPS) is 35.6. The Morgan fingerprint density at radius 3 is 2.25 bits per heavy atom. The molecule has 0 saturated carbocycles. The van der Waals surface area contributed by atoms with E-state index in [4.69, 9.17) is 11.6 Å². The maximum Gasteiger partial charge on any atom is 0.0679 e. The molecule has 0 radical (unpaired) electrons. The summed E-state index contributed by atoms with van der Waals surface area (Å²) in [6, 6.07) is 1.45. The fourth-order valence-corrected chi connectivity index (χ4v) is 4.18. The monoisotopic (exact) mass is 148 g/mol. The molecule has 0 N–H and O–H groups in total. The minimum absolute atomic E-state index is 0.572. The van der Waals surface area contributed by atoms with Crippen LogP contribution in [0.15, 0.2) is 0 Å². The Morgan fingerprint density at radius 2 is 2.12 bits per heavy atom. The molecule has 1 aliphatic heterocycles. The molecule has 0 amide bonds. The summed E-state index contributed by atoms with van der Waals surface area (Å²) in [6.45, 7) is 4.77. The maximum absolute atomic E-state index is 6.07. The second kappa shape index (κ2) is 2.03. The third-order valence-corrected chi connectivity index (χ3v) is 7.74. The van der Waals surface area contributed by atoms with Crippen molar-refractivity contribution >= 4 is 19.7 Å². The number of alkyl halides is 1. The molecule has 0 aromatic rings. The van der Waals surface area contributed by atoms with Crippen LogP contribution in [0.5, 0.6) is 0 Å². The Bertz CT molecular complexity index is 90.5. The van der Waals surface area contributed by atoms with Crippen LogP contribution in [0, 0.1) is 0 Å². The third-order valence-electron chi connectivity index (χ3n) is 2.13. The van der Waals surface area contributed by atoms with Crippen molar-refractivity contribution in [3.8, 4) is 0 Å². The van der Waals surface area contributed by atoms with Gasteiger partial charge in [0.15, 0.2) is 0 Å². The van der Waals surface area contributed by atoms with Crippen molar-refractivity contribution in [2.75, 3.05) is 0 Å². The van der Waals surface area contributed by atoms with Gasteiger partial charge >= 0.3 is 0 Å². The molecule has 0 bridgehead atoms. The first-order valence-electron chi connectivity index (χ1n) is 3.27. The Morgan fingerprint density at radius 1 is 1.50 bits per heavy atom. The van der Waals surface area contributed by atoms with Crippen LogP contribution in [0.3, 0.4) is 0 Å². The molecule has 2 heteroatoms. The summed E-state index contributed by atoms with van der Waals surface area (Å²) in [5, 5.41) is 0.572. The molecular weight excluding hydrogens is 136 g/mol. The largest absolute Gasteiger partial charge is 0.127 e. The molecule has 1 rings (SSSR count). The predicted molar refractivity (Wildman–Crippen MR) is 41.2 cm³/mol. The zero-order valence-electron chi connectivity index (χ0n) is 5.58. The maximum atomic E-state index is 6.07. The van der Waals surface area contributed by atoms with E-state index in [-0.39, 0.29) is 0 Å². The van der Waals surface area contributed by atoms with Gasteiger partial charge in [0.1, 0.15) is 0 Å². The van der Waals surface area contributed by atoms with Crippen LogP contribution in [0.2, 0.25) is 19.1 Å². The van der Waals surface area contributed by atoms with Crippen LogP contribution in [0.25, 0.3) is 0 Å². The molecule has 1 aliphatic rings. The van der Waals surface area contributed by atoms with E-state index in [0.717, 1.165) is 0 Å². The number of rotatable bonds is 0. The fraction of sp³-hybridized carbons (Fsp3) is 1.00. The summed E-state index contributed by atoms with van der Waals surface area (Å²) < 4.78 is 0. The predicted octanol–water partition coefficient (Wildman–Crippen LogP) is 2.64. The summed E-state index contributed by atoms with van der Waals surface area (Å²) in [5.74, 6) is 0. The Labute approximate surface area is 57.2 Å². The van der Waals surface area contributed by atoms with Gasteiger partial charge in [-0.15, -0.1) is 11.6 Å². The molecular formula is C6H13ClSi. The Hall–Kier alpha value is 0.507. The zero-order chi connectivity index (χ0) is 6.20. The standard InChI is InChI=1S/C6H13ClSi/c1-8(2)5-3-4-6(8)7/h6H,3-5H2,1-2H3. The van der Waals surface area contributed by atoms with Gasteiger partial charge in [-0.25, -0.2) is 0 Å². The van der Waals surface area contributed by atoms with Crippen molar-refractivity contribution in [3.63, 3.8) is 0 Å². The van der Waals surface area contributed by atoms with E-state index >= 15 is 0 Å². The summed E-state index contributed by atoms with van der Waals surface area (Å²) in [6.07, 6.45) is 2.66. The summed E-state index contributed by atoms with van der Waals surface area (Å²) in [7, 11) is -0.878. The summed E-state index contributed by atoms with van der Waals surface area (Å²) in [5.41, 5.74) is 0.